The van der Waals surface area contributed by atoms with E-state index in [0.717, 1.165) is 29.8 Å². The van der Waals surface area contributed by atoms with Crippen LogP contribution in [0.25, 0.3) is 11.1 Å². The second-order valence-electron chi connectivity index (χ2n) is 6.44. The molecule has 0 aliphatic carbocycles. The van der Waals surface area contributed by atoms with Crippen LogP contribution in [0.15, 0.2) is 76.5 Å². The van der Waals surface area contributed by atoms with E-state index in [9.17, 15) is 25.8 Å². The van der Waals surface area contributed by atoms with Crippen molar-refractivity contribution in [1.29, 1.82) is 0 Å². The lowest BCUT2D eigenvalue weighted by Crippen LogP contribution is -2.15. The lowest BCUT2D eigenvalue weighted by Gasteiger charge is -2.14. The highest BCUT2D eigenvalue weighted by atomic mass is 32.2. The predicted octanol–water partition coefficient (Wildman–Crippen LogP) is 3.17. The van der Waals surface area contributed by atoms with Crippen molar-refractivity contribution >= 4 is 20.1 Å². The van der Waals surface area contributed by atoms with E-state index in [1.54, 1.807) is 0 Å². The van der Waals surface area contributed by atoms with Crippen LogP contribution in [0.3, 0.4) is 0 Å². The van der Waals surface area contributed by atoms with Gasteiger partial charge >= 0.3 is 0 Å². The molecule has 0 heterocycles. The molecule has 3 N–H and O–H groups in total. The molecule has 29 heavy (non-hydrogen) atoms. The van der Waals surface area contributed by atoms with E-state index in [1.165, 1.54) is 12.1 Å². The maximum Gasteiger partial charge on any atom is 0.295 e. The molecule has 0 fully saturated rings. The molecule has 9 heteroatoms. The van der Waals surface area contributed by atoms with Crippen LogP contribution in [0.5, 0.6) is 0 Å². The average Bonchev–Trinajstić information content (AvgIpc) is 2.66. The summed E-state index contributed by atoms with van der Waals surface area (Å²) in [7, 11) is -9.07. The first-order valence-electron chi connectivity index (χ1n) is 8.53. The summed E-state index contributed by atoms with van der Waals surface area (Å²) in [4.78, 5) is -1.10. The molecule has 3 rings (SSSR count). The summed E-state index contributed by atoms with van der Waals surface area (Å²) >= 11 is 0. The van der Waals surface area contributed by atoms with E-state index in [0.29, 0.717) is 12.8 Å². The highest BCUT2D eigenvalue weighted by Crippen LogP contribution is 2.34. The summed E-state index contributed by atoms with van der Waals surface area (Å²) in [6, 6.07) is 16.5. The summed E-state index contributed by atoms with van der Waals surface area (Å²) in [5.41, 5.74) is 1.09. The number of sulfonamides is 1. The molecule has 0 amide bonds. The number of rotatable bonds is 6. The van der Waals surface area contributed by atoms with Crippen molar-refractivity contribution in [3.05, 3.63) is 83.7 Å². The highest BCUT2D eigenvalue weighted by Gasteiger charge is 2.25. The molecule has 152 valence electrons. The maximum atomic E-state index is 14.3. The van der Waals surface area contributed by atoms with Crippen molar-refractivity contribution < 1.29 is 25.8 Å². The van der Waals surface area contributed by atoms with Gasteiger partial charge in [-0.1, -0.05) is 42.5 Å². The largest absolute Gasteiger partial charge is 0.295 e. The summed E-state index contributed by atoms with van der Waals surface area (Å²) < 4.78 is 71.5. The molecule has 0 unspecified atom stereocenters. The van der Waals surface area contributed by atoms with Gasteiger partial charge in [0.2, 0.25) is 10.0 Å². The molecule has 0 radical (unpaired) electrons. The van der Waals surface area contributed by atoms with Gasteiger partial charge in [-0.3, -0.25) is 4.55 Å². The van der Waals surface area contributed by atoms with Gasteiger partial charge in [-0.05, 0) is 53.8 Å². The van der Waals surface area contributed by atoms with Crippen molar-refractivity contribution in [3.8, 4) is 11.1 Å². The van der Waals surface area contributed by atoms with E-state index in [1.807, 2.05) is 30.3 Å². The van der Waals surface area contributed by atoms with Crippen molar-refractivity contribution in [2.75, 3.05) is 0 Å². The summed E-state index contributed by atoms with van der Waals surface area (Å²) in [5.74, 6) is -0.508. The second kappa shape index (κ2) is 8.03. The molecule has 0 saturated heterocycles. The quantitative estimate of drug-likeness (QED) is 0.577. The van der Waals surface area contributed by atoms with Gasteiger partial charge in [0.25, 0.3) is 10.1 Å². The van der Waals surface area contributed by atoms with Crippen LogP contribution < -0.4 is 5.14 Å². The van der Waals surface area contributed by atoms with Gasteiger partial charge in [-0.15, -0.1) is 0 Å². The predicted molar refractivity (Wildman–Crippen MR) is 107 cm³/mol. The zero-order valence-electron chi connectivity index (χ0n) is 15.1. The van der Waals surface area contributed by atoms with Gasteiger partial charge < -0.3 is 0 Å². The minimum absolute atomic E-state index is 0.117. The van der Waals surface area contributed by atoms with Gasteiger partial charge in [0, 0.05) is 5.56 Å². The Labute approximate surface area is 168 Å². The Kier molecular flexibility index (Phi) is 5.85. The lowest BCUT2D eigenvalue weighted by atomic mass is 9.98. The van der Waals surface area contributed by atoms with Crippen LogP contribution in [0.1, 0.15) is 11.1 Å². The Hall–Kier alpha value is -2.59. The smallest absolute Gasteiger partial charge is 0.282 e. The Morgan fingerprint density at radius 3 is 2.10 bits per heavy atom. The van der Waals surface area contributed by atoms with Crippen molar-refractivity contribution in [2.45, 2.75) is 22.6 Å². The first-order chi connectivity index (χ1) is 13.6. The van der Waals surface area contributed by atoms with E-state index in [4.69, 9.17) is 5.14 Å². The second-order valence-corrected chi connectivity index (χ2v) is 9.36. The minimum Gasteiger partial charge on any atom is -0.282 e. The van der Waals surface area contributed by atoms with Crippen molar-refractivity contribution in [3.63, 3.8) is 0 Å². The summed E-state index contributed by atoms with van der Waals surface area (Å²) in [6.07, 6.45) is 0.839. The first-order valence-corrected chi connectivity index (χ1v) is 11.5. The molecule has 0 aliphatic heterocycles. The zero-order valence-corrected chi connectivity index (χ0v) is 16.8. The third-order valence-corrected chi connectivity index (χ3v) is 6.28. The minimum atomic E-state index is -4.76. The van der Waals surface area contributed by atoms with Gasteiger partial charge in [-0.2, -0.15) is 8.42 Å². The Morgan fingerprint density at radius 1 is 0.828 bits per heavy atom. The normalized spacial score (nSPS) is 12.1. The number of hydrogen-bond donors (Lipinski definition) is 2. The molecule has 0 atom stereocenters. The molecule has 0 aromatic heterocycles. The van der Waals surface area contributed by atoms with Gasteiger partial charge in [-0.25, -0.2) is 17.9 Å². The van der Waals surface area contributed by atoms with Crippen molar-refractivity contribution in [2.24, 2.45) is 5.14 Å². The lowest BCUT2D eigenvalue weighted by molar-refractivity contribution is 0.483. The Balaban J connectivity index is 2.14. The molecule has 3 aromatic rings. The fourth-order valence-corrected chi connectivity index (χ4v) is 4.67. The van der Waals surface area contributed by atoms with Crippen LogP contribution in [0, 0.1) is 5.82 Å². The number of nitrogens with two attached hydrogens (primary N) is 1. The van der Waals surface area contributed by atoms with Gasteiger partial charge in [0.05, 0.1) is 4.90 Å². The molecular weight excluding hydrogens is 417 g/mol. The molecule has 3 aromatic carbocycles. The average molecular weight is 435 g/mol. The van der Waals surface area contributed by atoms with Crippen LogP contribution in [0.4, 0.5) is 4.39 Å². The van der Waals surface area contributed by atoms with Crippen LogP contribution in [-0.2, 0) is 33.0 Å². The van der Waals surface area contributed by atoms with Crippen LogP contribution in [-0.4, -0.2) is 21.4 Å². The fourth-order valence-electron chi connectivity index (χ4n) is 3.09. The van der Waals surface area contributed by atoms with E-state index < -0.39 is 35.7 Å². The van der Waals surface area contributed by atoms with Crippen LogP contribution in [0.2, 0.25) is 0 Å². The van der Waals surface area contributed by atoms with E-state index >= 15 is 0 Å². The topological polar surface area (TPSA) is 115 Å². The summed E-state index contributed by atoms with van der Waals surface area (Å²) in [5, 5.41) is 5.23. The number of aryl methyl sites for hydroxylation is 2. The third kappa shape index (κ3) is 4.88. The molecule has 6 nitrogen and oxygen atoms in total. The fraction of sp³-hybridized carbons (Fsp3) is 0.100. The van der Waals surface area contributed by atoms with E-state index in [2.05, 4.69) is 0 Å². The summed E-state index contributed by atoms with van der Waals surface area (Å²) in [6.45, 7) is 0. The van der Waals surface area contributed by atoms with Gasteiger partial charge in [0.1, 0.15) is 10.7 Å². The molecule has 0 aliphatic rings. The molecular formula is C20H18FNO5S2. The number of halogens is 1. The maximum absolute atomic E-state index is 14.3. The van der Waals surface area contributed by atoms with Crippen molar-refractivity contribution in [1.82, 2.24) is 0 Å². The number of benzene rings is 3. The van der Waals surface area contributed by atoms with Gasteiger partial charge in [0.15, 0.2) is 0 Å². The highest BCUT2D eigenvalue weighted by molar-refractivity contribution is 7.89. The molecule has 0 spiro atoms. The van der Waals surface area contributed by atoms with Crippen LogP contribution >= 0.6 is 0 Å². The Bertz CT molecular complexity index is 1210. The first kappa shape index (κ1) is 21.1. The molecule has 0 saturated carbocycles. The molecule has 0 bridgehead atoms. The zero-order chi connectivity index (χ0) is 21.2. The monoisotopic (exact) mass is 435 g/mol. The SMILES string of the molecule is NS(=O)(=O)c1cccc(S(=O)(=O)O)c1-c1ccc(F)c(CCc2ccccc2)c1. The van der Waals surface area contributed by atoms with E-state index in [-0.39, 0.29) is 16.7 Å². The number of hydrogen-bond acceptors (Lipinski definition) is 4. The third-order valence-electron chi connectivity index (χ3n) is 4.43. The number of primary sulfonamides is 1. The Morgan fingerprint density at radius 2 is 1.48 bits per heavy atom. The standard InChI is InChI=1S/C20H18FNO5S2/c21-17-12-11-16(13-15(17)10-9-14-5-2-1-3-6-14)20-18(28(22,23)24)7-4-8-19(20)29(25,26)27/h1-8,11-13H,9-10H2,(H2,22,23,24)(H,25,26,27).